The van der Waals surface area contributed by atoms with E-state index in [0.717, 1.165) is 35.5 Å². The summed E-state index contributed by atoms with van der Waals surface area (Å²) in [5, 5.41) is 6.30. The molecule has 31 heavy (non-hydrogen) atoms. The van der Waals surface area contributed by atoms with Crippen molar-refractivity contribution in [1.29, 1.82) is 0 Å². The average molecular weight is 411 g/mol. The van der Waals surface area contributed by atoms with Crippen molar-refractivity contribution in [1.82, 2.24) is 4.98 Å². The molecular weight excluding hydrogens is 389 g/mol. The number of nitrogens with one attached hydrogen (secondary N) is 2. The lowest BCUT2D eigenvalue weighted by Crippen LogP contribution is -2.13. The highest BCUT2D eigenvalue weighted by Crippen LogP contribution is 2.25. The van der Waals surface area contributed by atoms with E-state index in [4.69, 9.17) is 0 Å². The zero-order chi connectivity index (χ0) is 21.5. The molecule has 0 fully saturated rings. The molecule has 1 aromatic heterocycles. The summed E-state index contributed by atoms with van der Waals surface area (Å²) in [6.45, 7) is 0.772. The standard InChI is InChI=1S/C26H22FN3O/c27-20-10-8-19(9-11-20)24-6-1-2-7-25(24)26(31)30-23-14-12-22(13-15-23)29-18-16-21-5-3-4-17-28-21/h1-15,17,29H,16,18H2,(H,30,31). The molecule has 1 amide bonds. The third kappa shape index (κ3) is 5.34. The second-order valence-electron chi connectivity index (χ2n) is 7.08. The van der Waals surface area contributed by atoms with Gasteiger partial charge in [0.1, 0.15) is 5.82 Å². The molecule has 0 aliphatic heterocycles. The molecule has 0 aliphatic carbocycles. The number of amides is 1. The average Bonchev–Trinajstić information content (AvgIpc) is 2.81. The van der Waals surface area contributed by atoms with Gasteiger partial charge in [0.15, 0.2) is 0 Å². The van der Waals surface area contributed by atoms with Gasteiger partial charge >= 0.3 is 0 Å². The van der Waals surface area contributed by atoms with Crippen molar-refractivity contribution in [3.8, 4) is 11.1 Å². The number of pyridine rings is 1. The van der Waals surface area contributed by atoms with Crippen LogP contribution in [0.1, 0.15) is 16.1 Å². The van der Waals surface area contributed by atoms with E-state index < -0.39 is 0 Å². The lowest BCUT2D eigenvalue weighted by atomic mass is 9.99. The van der Waals surface area contributed by atoms with E-state index in [1.165, 1.54) is 12.1 Å². The van der Waals surface area contributed by atoms with Crippen LogP contribution in [0.2, 0.25) is 0 Å². The Morgan fingerprint density at radius 3 is 2.26 bits per heavy atom. The van der Waals surface area contributed by atoms with Crippen molar-refractivity contribution < 1.29 is 9.18 Å². The minimum Gasteiger partial charge on any atom is -0.385 e. The van der Waals surface area contributed by atoms with Gasteiger partial charge < -0.3 is 10.6 Å². The maximum atomic E-state index is 13.3. The Balaban J connectivity index is 1.39. The number of rotatable bonds is 7. The molecule has 0 spiro atoms. The van der Waals surface area contributed by atoms with Gasteiger partial charge in [0, 0.05) is 41.8 Å². The van der Waals surface area contributed by atoms with Gasteiger partial charge in [-0.15, -0.1) is 0 Å². The monoisotopic (exact) mass is 411 g/mol. The first-order valence-corrected chi connectivity index (χ1v) is 10.1. The van der Waals surface area contributed by atoms with Crippen LogP contribution in [0.3, 0.4) is 0 Å². The molecular formula is C26H22FN3O. The lowest BCUT2D eigenvalue weighted by molar-refractivity contribution is 0.102. The Labute approximate surface area is 180 Å². The fourth-order valence-corrected chi connectivity index (χ4v) is 3.31. The first-order valence-electron chi connectivity index (χ1n) is 10.1. The first-order chi connectivity index (χ1) is 15.2. The van der Waals surface area contributed by atoms with E-state index in [-0.39, 0.29) is 11.7 Å². The molecule has 4 rings (SSSR count). The zero-order valence-electron chi connectivity index (χ0n) is 16.9. The van der Waals surface area contributed by atoms with Crippen LogP contribution in [0.4, 0.5) is 15.8 Å². The van der Waals surface area contributed by atoms with Crippen molar-refractivity contribution in [2.24, 2.45) is 0 Å². The molecule has 4 aromatic rings. The molecule has 0 aliphatic rings. The molecule has 1 heterocycles. The first kappa shape index (κ1) is 20.3. The van der Waals surface area contributed by atoms with Crippen molar-refractivity contribution in [2.45, 2.75) is 6.42 Å². The van der Waals surface area contributed by atoms with Gasteiger partial charge in [-0.1, -0.05) is 36.4 Å². The van der Waals surface area contributed by atoms with Crippen LogP contribution in [-0.2, 0) is 6.42 Å². The number of hydrogen-bond donors (Lipinski definition) is 2. The third-order valence-corrected chi connectivity index (χ3v) is 4.91. The fraction of sp³-hybridized carbons (Fsp3) is 0.0769. The lowest BCUT2D eigenvalue weighted by Gasteiger charge is -2.11. The Morgan fingerprint density at radius 1 is 0.806 bits per heavy atom. The van der Waals surface area contributed by atoms with Crippen LogP contribution < -0.4 is 10.6 Å². The van der Waals surface area contributed by atoms with Crippen LogP contribution >= 0.6 is 0 Å². The molecule has 4 nitrogen and oxygen atoms in total. The molecule has 0 unspecified atom stereocenters. The maximum Gasteiger partial charge on any atom is 0.256 e. The summed E-state index contributed by atoms with van der Waals surface area (Å²) in [7, 11) is 0. The second kappa shape index (κ2) is 9.67. The molecule has 0 saturated carbocycles. The highest BCUT2D eigenvalue weighted by atomic mass is 19.1. The smallest absolute Gasteiger partial charge is 0.256 e. The number of carbonyl (C=O) groups is 1. The number of aromatic nitrogens is 1. The van der Waals surface area contributed by atoms with Crippen molar-refractivity contribution in [3.63, 3.8) is 0 Å². The van der Waals surface area contributed by atoms with Gasteiger partial charge in [-0.2, -0.15) is 0 Å². The number of nitrogens with zero attached hydrogens (tertiary/aromatic N) is 1. The van der Waals surface area contributed by atoms with E-state index >= 15 is 0 Å². The number of halogens is 1. The minimum absolute atomic E-state index is 0.212. The summed E-state index contributed by atoms with van der Waals surface area (Å²) in [6.07, 6.45) is 2.63. The minimum atomic E-state index is -0.306. The van der Waals surface area contributed by atoms with Crippen LogP contribution in [-0.4, -0.2) is 17.4 Å². The van der Waals surface area contributed by atoms with Crippen LogP contribution in [0.15, 0.2) is 97.2 Å². The quantitative estimate of drug-likeness (QED) is 0.404. The van der Waals surface area contributed by atoms with E-state index in [2.05, 4.69) is 15.6 Å². The van der Waals surface area contributed by atoms with Gasteiger partial charge in [0.2, 0.25) is 0 Å². The van der Waals surface area contributed by atoms with Crippen molar-refractivity contribution in [2.75, 3.05) is 17.2 Å². The molecule has 0 saturated heterocycles. The molecule has 5 heteroatoms. The number of anilines is 2. The second-order valence-corrected chi connectivity index (χ2v) is 7.08. The summed E-state index contributed by atoms with van der Waals surface area (Å²) in [5.74, 6) is -0.518. The largest absolute Gasteiger partial charge is 0.385 e. The molecule has 154 valence electrons. The summed E-state index contributed by atoms with van der Waals surface area (Å²) in [4.78, 5) is 17.2. The highest BCUT2D eigenvalue weighted by Gasteiger charge is 2.12. The maximum absolute atomic E-state index is 13.3. The highest BCUT2D eigenvalue weighted by molar-refractivity contribution is 6.08. The van der Waals surface area contributed by atoms with Crippen molar-refractivity contribution >= 4 is 17.3 Å². The van der Waals surface area contributed by atoms with E-state index in [1.54, 1.807) is 24.4 Å². The Bertz CT molecular complexity index is 1140. The van der Waals surface area contributed by atoms with E-state index in [0.29, 0.717) is 11.3 Å². The van der Waals surface area contributed by atoms with Gasteiger partial charge in [-0.05, 0) is 65.7 Å². The molecule has 2 N–H and O–H groups in total. The Kier molecular flexibility index (Phi) is 6.33. The topological polar surface area (TPSA) is 54.0 Å². The molecule has 0 radical (unpaired) electrons. The number of hydrogen-bond acceptors (Lipinski definition) is 3. The van der Waals surface area contributed by atoms with Gasteiger partial charge in [-0.3, -0.25) is 9.78 Å². The Hall–Kier alpha value is -3.99. The summed E-state index contributed by atoms with van der Waals surface area (Å²) in [6, 6.07) is 26.9. The van der Waals surface area contributed by atoms with Gasteiger partial charge in [0.25, 0.3) is 5.91 Å². The van der Waals surface area contributed by atoms with Crippen LogP contribution in [0, 0.1) is 5.82 Å². The molecule has 3 aromatic carbocycles. The predicted octanol–water partition coefficient (Wildman–Crippen LogP) is 5.79. The number of benzene rings is 3. The zero-order valence-corrected chi connectivity index (χ0v) is 16.9. The van der Waals surface area contributed by atoms with Gasteiger partial charge in [-0.25, -0.2) is 4.39 Å². The SMILES string of the molecule is O=C(Nc1ccc(NCCc2ccccn2)cc1)c1ccccc1-c1ccc(F)cc1. The van der Waals surface area contributed by atoms with Crippen molar-refractivity contribution in [3.05, 3.63) is 114 Å². The fourth-order valence-electron chi connectivity index (χ4n) is 3.31. The Morgan fingerprint density at radius 2 is 1.52 bits per heavy atom. The molecule has 0 bridgehead atoms. The van der Waals surface area contributed by atoms with E-state index in [9.17, 15) is 9.18 Å². The normalized spacial score (nSPS) is 10.5. The summed E-state index contributed by atoms with van der Waals surface area (Å²) >= 11 is 0. The van der Waals surface area contributed by atoms with Crippen LogP contribution in [0.5, 0.6) is 0 Å². The summed E-state index contributed by atoms with van der Waals surface area (Å²) in [5.41, 5.74) is 4.80. The number of carbonyl (C=O) groups excluding carboxylic acids is 1. The van der Waals surface area contributed by atoms with Crippen LogP contribution in [0.25, 0.3) is 11.1 Å². The summed E-state index contributed by atoms with van der Waals surface area (Å²) < 4.78 is 13.3. The van der Waals surface area contributed by atoms with E-state index in [1.807, 2.05) is 60.7 Å². The third-order valence-electron chi connectivity index (χ3n) is 4.91. The van der Waals surface area contributed by atoms with Gasteiger partial charge in [0.05, 0.1) is 0 Å². The molecule has 0 atom stereocenters. The predicted molar refractivity (Wildman–Crippen MR) is 123 cm³/mol.